The van der Waals surface area contributed by atoms with Crippen molar-refractivity contribution in [2.45, 2.75) is 6.04 Å². The van der Waals surface area contributed by atoms with E-state index >= 15 is 0 Å². The van der Waals surface area contributed by atoms with Crippen LogP contribution in [-0.4, -0.2) is 33.1 Å². The molecule has 76 valence electrons. The average Bonchev–Trinajstić information content (AvgIpc) is 2.66. The molecule has 0 aromatic carbocycles. The summed E-state index contributed by atoms with van der Waals surface area (Å²) in [5.74, 6) is 0. The highest BCUT2D eigenvalue weighted by atomic mass is 15.4. The van der Waals surface area contributed by atoms with Gasteiger partial charge in [-0.2, -0.15) is 0 Å². The Morgan fingerprint density at radius 1 is 1.40 bits per heavy atom. The van der Waals surface area contributed by atoms with Crippen molar-refractivity contribution in [1.29, 1.82) is 0 Å². The minimum atomic E-state index is 0.461. The second-order valence-corrected chi connectivity index (χ2v) is 3.64. The van der Waals surface area contributed by atoms with E-state index in [0.717, 1.165) is 24.3 Å². The molecule has 2 aromatic rings. The van der Waals surface area contributed by atoms with E-state index in [1.165, 1.54) is 0 Å². The van der Waals surface area contributed by atoms with E-state index in [0.29, 0.717) is 6.04 Å². The van der Waals surface area contributed by atoms with Gasteiger partial charge in [0.2, 0.25) is 0 Å². The SMILES string of the molecule is c1cncc(-c2cn(C3CNC3)nn2)c1. The number of nitrogens with zero attached hydrogens (tertiary/aromatic N) is 4. The van der Waals surface area contributed by atoms with Gasteiger partial charge in [0, 0.05) is 31.0 Å². The minimum Gasteiger partial charge on any atom is -0.312 e. The van der Waals surface area contributed by atoms with Gasteiger partial charge in [0.15, 0.2) is 0 Å². The van der Waals surface area contributed by atoms with Crippen LogP contribution in [0.15, 0.2) is 30.7 Å². The summed E-state index contributed by atoms with van der Waals surface area (Å²) in [6.45, 7) is 1.96. The molecule has 15 heavy (non-hydrogen) atoms. The molecule has 5 nitrogen and oxygen atoms in total. The van der Waals surface area contributed by atoms with Crippen LogP contribution in [0.25, 0.3) is 11.3 Å². The first-order valence-electron chi connectivity index (χ1n) is 4.96. The van der Waals surface area contributed by atoms with E-state index in [2.05, 4.69) is 20.6 Å². The molecule has 1 N–H and O–H groups in total. The normalized spacial score (nSPS) is 16.3. The molecule has 0 spiro atoms. The minimum absolute atomic E-state index is 0.461. The third-order valence-electron chi connectivity index (χ3n) is 2.60. The highest BCUT2D eigenvalue weighted by Gasteiger charge is 2.20. The number of hydrogen-bond donors (Lipinski definition) is 1. The fourth-order valence-electron chi connectivity index (χ4n) is 1.56. The predicted octanol–water partition coefficient (Wildman–Crippen LogP) is 0.484. The zero-order chi connectivity index (χ0) is 10.1. The van der Waals surface area contributed by atoms with Gasteiger partial charge < -0.3 is 5.32 Å². The van der Waals surface area contributed by atoms with Crippen LogP contribution in [0.5, 0.6) is 0 Å². The van der Waals surface area contributed by atoms with Gasteiger partial charge in [-0.3, -0.25) is 4.98 Å². The summed E-state index contributed by atoms with van der Waals surface area (Å²) < 4.78 is 1.92. The summed E-state index contributed by atoms with van der Waals surface area (Å²) in [4.78, 5) is 4.06. The van der Waals surface area contributed by atoms with Crippen molar-refractivity contribution < 1.29 is 0 Å². The number of rotatable bonds is 2. The second-order valence-electron chi connectivity index (χ2n) is 3.64. The van der Waals surface area contributed by atoms with Crippen LogP contribution in [0.3, 0.4) is 0 Å². The highest BCUT2D eigenvalue weighted by Crippen LogP contribution is 2.17. The van der Waals surface area contributed by atoms with E-state index in [1.807, 2.05) is 23.0 Å². The van der Waals surface area contributed by atoms with Crippen molar-refractivity contribution >= 4 is 0 Å². The van der Waals surface area contributed by atoms with Crippen LogP contribution in [0, 0.1) is 0 Å². The monoisotopic (exact) mass is 201 g/mol. The Morgan fingerprint density at radius 3 is 3.00 bits per heavy atom. The lowest BCUT2D eigenvalue weighted by Crippen LogP contribution is -2.43. The summed E-state index contributed by atoms with van der Waals surface area (Å²) >= 11 is 0. The lowest BCUT2D eigenvalue weighted by Gasteiger charge is -2.26. The molecule has 0 radical (unpaired) electrons. The van der Waals surface area contributed by atoms with Gasteiger partial charge in [-0.05, 0) is 12.1 Å². The van der Waals surface area contributed by atoms with E-state index < -0.39 is 0 Å². The van der Waals surface area contributed by atoms with Crippen molar-refractivity contribution in [3.63, 3.8) is 0 Å². The van der Waals surface area contributed by atoms with Crippen molar-refractivity contribution in [3.8, 4) is 11.3 Å². The third kappa shape index (κ3) is 1.50. The van der Waals surface area contributed by atoms with Crippen LogP contribution in [0.4, 0.5) is 0 Å². The number of hydrogen-bond acceptors (Lipinski definition) is 4. The Labute approximate surface area is 87.1 Å². The molecule has 5 heteroatoms. The highest BCUT2D eigenvalue weighted by molar-refractivity contribution is 5.55. The second kappa shape index (κ2) is 3.43. The maximum absolute atomic E-state index is 4.13. The van der Waals surface area contributed by atoms with Crippen molar-refractivity contribution in [2.24, 2.45) is 0 Å². The van der Waals surface area contributed by atoms with Crippen LogP contribution >= 0.6 is 0 Å². The van der Waals surface area contributed by atoms with Gasteiger partial charge >= 0.3 is 0 Å². The summed E-state index contributed by atoms with van der Waals surface area (Å²) in [5, 5.41) is 11.5. The third-order valence-corrected chi connectivity index (χ3v) is 2.60. The van der Waals surface area contributed by atoms with E-state index in [4.69, 9.17) is 0 Å². The lowest BCUT2D eigenvalue weighted by atomic mass is 10.2. The van der Waals surface area contributed by atoms with Gasteiger partial charge in [0.1, 0.15) is 5.69 Å². The first kappa shape index (κ1) is 8.55. The predicted molar refractivity (Wildman–Crippen MR) is 55.2 cm³/mol. The van der Waals surface area contributed by atoms with Gasteiger partial charge in [0.05, 0.1) is 12.2 Å². The quantitative estimate of drug-likeness (QED) is 0.768. The summed E-state index contributed by atoms with van der Waals surface area (Å²) in [5.41, 5.74) is 1.89. The van der Waals surface area contributed by atoms with Crippen LogP contribution < -0.4 is 5.32 Å². The van der Waals surface area contributed by atoms with Crippen LogP contribution in [0.1, 0.15) is 6.04 Å². The molecule has 0 saturated carbocycles. The Hall–Kier alpha value is -1.75. The molecule has 3 heterocycles. The lowest BCUT2D eigenvalue weighted by molar-refractivity contribution is 0.313. The molecule has 2 aromatic heterocycles. The first-order valence-corrected chi connectivity index (χ1v) is 4.96. The number of pyridine rings is 1. The van der Waals surface area contributed by atoms with E-state index in [9.17, 15) is 0 Å². The molecule has 3 rings (SSSR count). The Balaban J connectivity index is 1.90. The zero-order valence-corrected chi connectivity index (χ0v) is 8.17. The van der Waals surface area contributed by atoms with Crippen LogP contribution in [-0.2, 0) is 0 Å². The number of aromatic nitrogens is 4. The Bertz CT molecular complexity index is 446. The largest absolute Gasteiger partial charge is 0.312 e. The fraction of sp³-hybridized carbons (Fsp3) is 0.300. The molecular weight excluding hydrogens is 190 g/mol. The first-order chi connectivity index (χ1) is 7.43. The molecule has 0 atom stereocenters. The van der Waals surface area contributed by atoms with Gasteiger partial charge in [-0.15, -0.1) is 5.10 Å². The van der Waals surface area contributed by atoms with Crippen molar-refractivity contribution in [3.05, 3.63) is 30.7 Å². The summed E-state index contributed by atoms with van der Waals surface area (Å²) in [6.07, 6.45) is 5.53. The molecule has 0 bridgehead atoms. The van der Waals surface area contributed by atoms with Crippen molar-refractivity contribution in [1.82, 2.24) is 25.3 Å². The fourth-order valence-corrected chi connectivity index (χ4v) is 1.56. The van der Waals surface area contributed by atoms with E-state index in [-0.39, 0.29) is 0 Å². The standard InChI is InChI=1S/C10H11N5/c1-2-8(4-11-3-1)10-7-15(14-13-10)9-5-12-6-9/h1-4,7,9,12H,5-6H2. The van der Waals surface area contributed by atoms with Gasteiger partial charge in [-0.25, -0.2) is 4.68 Å². The van der Waals surface area contributed by atoms with Crippen LogP contribution in [0.2, 0.25) is 0 Å². The van der Waals surface area contributed by atoms with Gasteiger partial charge in [-0.1, -0.05) is 5.21 Å². The maximum atomic E-state index is 4.13. The van der Waals surface area contributed by atoms with Gasteiger partial charge in [0.25, 0.3) is 0 Å². The molecule has 0 aliphatic carbocycles. The van der Waals surface area contributed by atoms with Crippen molar-refractivity contribution in [2.75, 3.05) is 13.1 Å². The molecule has 1 aliphatic rings. The molecule has 0 amide bonds. The summed E-state index contributed by atoms with van der Waals surface area (Å²) in [7, 11) is 0. The zero-order valence-electron chi connectivity index (χ0n) is 8.17. The summed E-state index contributed by atoms with van der Waals surface area (Å²) in [6, 6.07) is 4.35. The molecular formula is C10H11N5. The Morgan fingerprint density at radius 2 is 2.33 bits per heavy atom. The topological polar surface area (TPSA) is 55.6 Å². The molecule has 1 fully saturated rings. The maximum Gasteiger partial charge on any atom is 0.114 e. The molecule has 0 unspecified atom stereocenters. The smallest absolute Gasteiger partial charge is 0.114 e. The Kier molecular flexibility index (Phi) is 1.96. The molecule has 1 aliphatic heterocycles. The van der Waals surface area contributed by atoms with E-state index in [1.54, 1.807) is 12.4 Å². The number of nitrogens with one attached hydrogen (secondary N) is 1. The molecule has 1 saturated heterocycles. The average molecular weight is 201 g/mol.